The fourth-order valence-corrected chi connectivity index (χ4v) is 3.32. The van der Waals surface area contributed by atoms with Crippen molar-refractivity contribution in [2.24, 2.45) is 7.05 Å². The van der Waals surface area contributed by atoms with Crippen LogP contribution in [-0.2, 0) is 7.05 Å². The van der Waals surface area contributed by atoms with Gasteiger partial charge in [-0.2, -0.15) is 0 Å². The van der Waals surface area contributed by atoms with E-state index >= 15 is 0 Å². The van der Waals surface area contributed by atoms with Gasteiger partial charge in [-0.25, -0.2) is 0 Å². The third-order valence-corrected chi connectivity index (χ3v) is 4.30. The van der Waals surface area contributed by atoms with Crippen LogP contribution in [0.15, 0.2) is 42.7 Å². The maximum Gasteiger partial charge on any atom is 0.170 e. The summed E-state index contributed by atoms with van der Waals surface area (Å²) >= 11 is 5.56. The number of aromatic nitrogens is 2. The highest BCUT2D eigenvalue weighted by Crippen LogP contribution is 2.38. The molecule has 0 unspecified atom stereocenters. The van der Waals surface area contributed by atoms with Crippen molar-refractivity contribution < 1.29 is 0 Å². The molecule has 0 saturated carbocycles. The number of nitrogens with one attached hydrogen (secondary N) is 1. The van der Waals surface area contributed by atoms with Crippen LogP contribution in [0, 0.1) is 0 Å². The van der Waals surface area contributed by atoms with Crippen LogP contribution < -0.4 is 5.32 Å². The molecule has 0 radical (unpaired) electrons. The molecule has 0 spiro atoms. The summed E-state index contributed by atoms with van der Waals surface area (Å²) in [6, 6.07) is 10.6. The van der Waals surface area contributed by atoms with Crippen LogP contribution in [0.3, 0.4) is 0 Å². The summed E-state index contributed by atoms with van der Waals surface area (Å²) in [6.45, 7) is 3.13. The van der Waals surface area contributed by atoms with Gasteiger partial charge in [0.15, 0.2) is 5.11 Å². The average Bonchev–Trinajstić information content (AvgIpc) is 3.05. The Hall–Kier alpha value is -1.88. The number of thiocarbonyl (C=S) groups is 1. The van der Waals surface area contributed by atoms with Crippen LogP contribution in [0.5, 0.6) is 0 Å². The van der Waals surface area contributed by atoms with Crippen molar-refractivity contribution in [2.45, 2.75) is 25.4 Å². The number of aryl methyl sites for hydroxylation is 1. The monoisotopic (exact) mass is 300 g/mol. The maximum absolute atomic E-state index is 5.56. The molecule has 5 heteroatoms. The molecule has 0 aromatic carbocycles. The van der Waals surface area contributed by atoms with Gasteiger partial charge in [-0.3, -0.25) is 4.98 Å². The van der Waals surface area contributed by atoms with Crippen molar-refractivity contribution >= 4 is 17.3 Å². The summed E-state index contributed by atoms with van der Waals surface area (Å²) < 4.78 is 2.17. The molecule has 1 saturated heterocycles. The molecule has 1 aliphatic rings. The lowest BCUT2D eigenvalue weighted by molar-refractivity contribution is 0.306. The Kier molecular flexibility index (Phi) is 3.92. The second-order valence-corrected chi connectivity index (χ2v) is 5.75. The van der Waals surface area contributed by atoms with Gasteiger partial charge >= 0.3 is 0 Å². The van der Waals surface area contributed by atoms with Crippen LogP contribution >= 0.6 is 12.2 Å². The molecule has 3 rings (SSSR count). The lowest BCUT2D eigenvalue weighted by atomic mass is 10.0. The Morgan fingerprint density at radius 3 is 2.76 bits per heavy atom. The minimum atomic E-state index is 0.0962. The van der Waals surface area contributed by atoms with Gasteiger partial charge in [-0.05, 0) is 42.9 Å². The number of nitrogens with zero attached hydrogens (tertiary/aromatic N) is 3. The predicted octanol–water partition coefficient (Wildman–Crippen LogP) is 2.80. The van der Waals surface area contributed by atoms with E-state index in [9.17, 15) is 0 Å². The zero-order valence-electron chi connectivity index (χ0n) is 12.4. The second kappa shape index (κ2) is 5.85. The second-order valence-electron chi connectivity index (χ2n) is 5.36. The van der Waals surface area contributed by atoms with E-state index in [1.807, 2.05) is 18.3 Å². The normalized spacial score (nSPS) is 21.6. The fourth-order valence-electron chi connectivity index (χ4n) is 2.99. The van der Waals surface area contributed by atoms with E-state index in [2.05, 4.69) is 58.1 Å². The first-order valence-electron chi connectivity index (χ1n) is 7.31. The van der Waals surface area contributed by atoms with Gasteiger partial charge in [0.2, 0.25) is 0 Å². The van der Waals surface area contributed by atoms with Crippen molar-refractivity contribution in [3.63, 3.8) is 0 Å². The molecule has 2 aromatic rings. The highest BCUT2D eigenvalue weighted by molar-refractivity contribution is 7.80. The Morgan fingerprint density at radius 1 is 1.29 bits per heavy atom. The lowest BCUT2D eigenvalue weighted by Gasteiger charge is -2.27. The van der Waals surface area contributed by atoms with Crippen molar-refractivity contribution in [3.05, 3.63) is 54.1 Å². The number of rotatable bonds is 4. The smallest absolute Gasteiger partial charge is 0.170 e. The summed E-state index contributed by atoms with van der Waals surface area (Å²) in [7, 11) is 2.08. The van der Waals surface area contributed by atoms with E-state index < -0.39 is 0 Å². The Bertz CT molecular complexity index is 622. The van der Waals surface area contributed by atoms with E-state index in [0.29, 0.717) is 0 Å². The van der Waals surface area contributed by atoms with E-state index in [1.165, 1.54) is 5.69 Å². The van der Waals surface area contributed by atoms with Gasteiger partial charge in [-0.15, -0.1) is 0 Å². The Balaban J connectivity index is 2.03. The zero-order valence-corrected chi connectivity index (χ0v) is 13.2. The molecule has 0 amide bonds. The fraction of sp³-hybridized carbons (Fsp3) is 0.375. The van der Waals surface area contributed by atoms with Gasteiger partial charge < -0.3 is 14.8 Å². The molecule has 2 atom stereocenters. The van der Waals surface area contributed by atoms with Crippen LogP contribution in [0.1, 0.15) is 36.8 Å². The quantitative estimate of drug-likeness (QED) is 0.880. The van der Waals surface area contributed by atoms with Crippen LogP contribution in [-0.4, -0.2) is 26.1 Å². The van der Waals surface area contributed by atoms with Crippen LogP contribution in [0.25, 0.3) is 0 Å². The van der Waals surface area contributed by atoms with Gasteiger partial charge in [0.05, 0.1) is 17.8 Å². The van der Waals surface area contributed by atoms with Crippen molar-refractivity contribution in [1.82, 2.24) is 19.8 Å². The number of hydrogen-bond donors (Lipinski definition) is 1. The number of pyridine rings is 1. The molecule has 1 aliphatic heterocycles. The SMILES string of the molecule is CCCN1C(=S)N[C@@H](c2ccccn2)[C@H]1c1cccn1C. The third-order valence-electron chi connectivity index (χ3n) is 3.95. The average molecular weight is 300 g/mol. The minimum Gasteiger partial charge on any atom is -0.353 e. The van der Waals surface area contributed by atoms with Gasteiger partial charge in [-0.1, -0.05) is 13.0 Å². The minimum absolute atomic E-state index is 0.0962. The van der Waals surface area contributed by atoms with E-state index in [0.717, 1.165) is 23.8 Å². The maximum atomic E-state index is 5.56. The van der Waals surface area contributed by atoms with Crippen molar-refractivity contribution in [2.75, 3.05) is 6.54 Å². The van der Waals surface area contributed by atoms with E-state index in [1.54, 1.807) is 0 Å². The Morgan fingerprint density at radius 2 is 2.14 bits per heavy atom. The lowest BCUT2D eigenvalue weighted by Crippen LogP contribution is -2.31. The van der Waals surface area contributed by atoms with Crippen LogP contribution in [0.2, 0.25) is 0 Å². The summed E-state index contributed by atoms with van der Waals surface area (Å²) in [5.74, 6) is 0. The first kappa shape index (κ1) is 14.1. The molecular weight excluding hydrogens is 280 g/mol. The molecule has 0 aliphatic carbocycles. The van der Waals surface area contributed by atoms with Gasteiger partial charge in [0.25, 0.3) is 0 Å². The summed E-state index contributed by atoms with van der Waals surface area (Å²) in [6.07, 6.45) is 4.98. The molecule has 0 bridgehead atoms. The molecule has 1 fully saturated rings. The zero-order chi connectivity index (χ0) is 14.8. The molecule has 3 heterocycles. The van der Waals surface area contributed by atoms with E-state index in [4.69, 9.17) is 12.2 Å². The van der Waals surface area contributed by atoms with Crippen molar-refractivity contribution in [1.29, 1.82) is 0 Å². The standard InChI is InChI=1S/C16H20N4S/c1-3-10-20-15(13-8-6-11-19(13)2)14(18-16(20)21)12-7-4-5-9-17-12/h4-9,11,14-15H,3,10H2,1-2H3,(H,18,21)/t14-,15+/m0/s1. The number of hydrogen-bond acceptors (Lipinski definition) is 2. The first-order chi connectivity index (χ1) is 10.2. The molecule has 4 nitrogen and oxygen atoms in total. The first-order valence-corrected chi connectivity index (χ1v) is 7.72. The molecular formula is C16H20N4S. The summed E-state index contributed by atoms with van der Waals surface area (Å²) in [4.78, 5) is 6.80. The third kappa shape index (κ3) is 2.53. The topological polar surface area (TPSA) is 33.1 Å². The van der Waals surface area contributed by atoms with Gasteiger partial charge in [0.1, 0.15) is 0 Å². The summed E-state index contributed by atoms with van der Waals surface area (Å²) in [5, 5.41) is 4.27. The molecule has 110 valence electrons. The molecule has 1 N–H and O–H groups in total. The summed E-state index contributed by atoms with van der Waals surface area (Å²) in [5.41, 5.74) is 2.29. The van der Waals surface area contributed by atoms with Crippen LogP contribution in [0.4, 0.5) is 0 Å². The Labute approximate surface area is 130 Å². The van der Waals surface area contributed by atoms with E-state index in [-0.39, 0.29) is 12.1 Å². The van der Waals surface area contributed by atoms with Crippen molar-refractivity contribution in [3.8, 4) is 0 Å². The molecule has 21 heavy (non-hydrogen) atoms. The highest BCUT2D eigenvalue weighted by Gasteiger charge is 2.40. The predicted molar refractivity (Wildman–Crippen MR) is 87.9 cm³/mol. The largest absolute Gasteiger partial charge is 0.353 e. The van der Waals surface area contributed by atoms with Gasteiger partial charge in [0, 0.05) is 31.7 Å². The highest BCUT2D eigenvalue weighted by atomic mass is 32.1. The molecule has 2 aromatic heterocycles.